The number of ether oxygens (including phenoxy) is 1. The van der Waals surface area contributed by atoms with Gasteiger partial charge in [0.05, 0.1) is 13.1 Å². The van der Waals surface area contributed by atoms with Crippen LogP contribution in [0, 0.1) is 18.8 Å². The summed E-state index contributed by atoms with van der Waals surface area (Å²) in [7, 11) is 0. The van der Waals surface area contributed by atoms with Gasteiger partial charge in [0.15, 0.2) is 0 Å². The van der Waals surface area contributed by atoms with Crippen molar-refractivity contribution in [3.05, 3.63) is 29.8 Å². The lowest BCUT2D eigenvalue weighted by molar-refractivity contribution is -0.159. The van der Waals surface area contributed by atoms with Crippen LogP contribution in [0.2, 0.25) is 0 Å². The number of hydrogen-bond acceptors (Lipinski definition) is 3. The van der Waals surface area contributed by atoms with Crippen LogP contribution in [0.3, 0.4) is 0 Å². The van der Waals surface area contributed by atoms with Crippen molar-refractivity contribution in [1.82, 2.24) is 4.90 Å². The summed E-state index contributed by atoms with van der Waals surface area (Å²) in [5, 5.41) is 9.51. The summed E-state index contributed by atoms with van der Waals surface area (Å²) in [6, 6.07) is 7.81. The van der Waals surface area contributed by atoms with E-state index < -0.39 is 11.9 Å². The number of benzene rings is 1. The molecule has 1 aromatic rings. The highest BCUT2D eigenvalue weighted by atomic mass is 16.5. The molecular weight excluding hydrogens is 306 g/mol. The highest BCUT2D eigenvalue weighted by Crippen LogP contribution is 2.32. The van der Waals surface area contributed by atoms with Crippen molar-refractivity contribution in [3.8, 4) is 5.75 Å². The molecule has 1 amide bonds. The molecule has 1 atom stereocenters. The smallest absolute Gasteiger partial charge is 0.316 e. The minimum atomic E-state index is -0.977. The Morgan fingerprint density at radius 3 is 2.33 bits per heavy atom. The molecular formula is C19H25NO4. The highest BCUT2D eigenvalue weighted by Gasteiger charge is 2.42. The first-order valence-corrected chi connectivity index (χ1v) is 8.79. The maximum atomic E-state index is 12.6. The van der Waals surface area contributed by atoms with E-state index in [0.29, 0.717) is 13.1 Å². The first-order valence-electron chi connectivity index (χ1n) is 8.79. The second kappa shape index (κ2) is 7.24. The number of rotatable bonds is 5. The molecule has 1 saturated carbocycles. The topological polar surface area (TPSA) is 66.8 Å². The summed E-state index contributed by atoms with van der Waals surface area (Å²) in [4.78, 5) is 25.8. The van der Waals surface area contributed by atoms with E-state index >= 15 is 0 Å². The second-order valence-electron chi connectivity index (χ2n) is 7.01. The Kier molecular flexibility index (Phi) is 5.07. The molecule has 0 bridgehead atoms. The third-order valence-corrected chi connectivity index (χ3v) is 5.14. The molecule has 3 rings (SSSR count). The van der Waals surface area contributed by atoms with Crippen molar-refractivity contribution in [1.29, 1.82) is 0 Å². The molecule has 5 nitrogen and oxygen atoms in total. The monoisotopic (exact) mass is 331 g/mol. The van der Waals surface area contributed by atoms with Crippen LogP contribution in [0.5, 0.6) is 5.75 Å². The van der Waals surface area contributed by atoms with Crippen molar-refractivity contribution in [2.24, 2.45) is 11.8 Å². The fourth-order valence-electron chi connectivity index (χ4n) is 3.68. The molecule has 0 aromatic heterocycles. The minimum Gasteiger partial charge on any atom is -0.487 e. The van der Waals surface area contributed by atoms with Gasteiger partial charge in [-0.05, 0) is 37.8 Å². The lowest BCUT2D eigenvalue weighted by Gasteiger charge is -2.41. The van der Waals surface area contributed by atoms with Gasteiger partial charge in [0.25, 0.3) is 0 Å². The van der Waals surface area contributed by atoms with Gasteiger partial charge in [-0.2, -0.15) is 0 Å². The number of aryl methyl sites for hydroxylation is 1. The van der Waals surface area contributed by atoms with Crippen LogP contribution in [-0.4, -0.2) is 41.1 Å². The van der Waals surface area contributed by atoms with Crippen LogP contribution in [-0.2, 0) is 9.59 Å². The lowest BCUT2D eigenvalue weighted by atomic mass is 9.79. The third-order valence-electron chi connectivity index (χ3n) is 5.14. The molecule has 0 unspecified atom stereocenters. The van der Waals surface area contributed by atoms with Gasteiger partial charge in [0.1, 0.15) is 17.8 Å². The molecule has 1 heterocycles. The molecule has 1 N–H and O–H groups in total. The molecule has 1 aromatic carbocycles. The number of nitrogens with zero attached hydrogens (tertiary/aromatic N) is 1. The predicted molar refractivity (Wildman–Crippen MR) is 89.9 cm³/mol. The number of carbonyl (C=O) groups excluding carboxylic acids is 1. The number of hydrogen-bond donors (Lipinski definition) is 1. The summed E-state index contributed by atoms with van der Waals surface area (Å²) in [6.45, 7) is 2.97. The van der Waals surface area contributed by atoms with Gasteiger partial charge in [-0.15, -0.1) is 0 Å². The van der Waals surface area contributed by atoms with Gasteiger partial charge in [0.2, 0.25) is 5.91 Å². The highest BCUT2D eigenvalue weighted by molar-refractivity contribution is 5.97. The average molecular weight is 331 g/mol. The van der Waals surface area contributed by atoms with E-state index in [2.05, 4.69) is 0 Å². The summed E-state index contributed by atoms with van der Waals surface area (Å²) < 4.78 is 5.83. The number of carbonyl (C=O) groups is 2. The van der Waals surface area contributed by atoms with Crippen molar-refractivity contribution >= 4 is 11.9 Å². The van der Waals surface area contributed by atoms with E-state index in [1.54, 1.807) is 4.90 Å². The van der Waals surface area contributed by atoms with Crippen molar-refractivity contribution in [2.45, 2.75) is 45.1 Å². The molecule has 2 fully saturated rings. The molecule has 24 heavy (non-hydrogen) atoms. The van der Waals surface area contributed by atoms with Gasteiger partial charge < -0.3 is 14.7 Å². The first-order chi connectivity index (χ1) is 11.5. The fraction of sp³-hybridized carbons (Fsp3) is 0.579. The minimum absolute atomic E-state index is 0.0131. The molecule has 130 valence electrons. The van der Waals surface area contributed by atoms with Gasteiger partial charge in [-0.1, -0.05) is 37.0 Å². The molecule has 5 heteroatoms. The Bertz CT molecular complexity index is 586. The van der Waals surface area contributed by atoms with E-state index in [1.807, 2.05) is 31.2 Å². The predicted octanol–water partition coefficient (Wildman–Crippen LogP) is 2.87. The van der Waals surface area contributed by atoms with E-state index in [9.17, 15) is 14.7 Å². The summed E-state index contributed by atoms with van der Waals surface area (Å²) in [6.07, 6.45) is 4.85. The number of carboxylic acids is 1. The Morgan fingerprint density at radius 1 is 1.12 bits per heavy atom. The third kappa shape index (κ3) is 3.71. The van der Waals surface area contributed by atoms with Gasteiger partial charge in [-0.25, -0.2) is 0 Å². The maximum Gasteiger partial charge on any atom is 0.316 e. The quantitative estimate of drug-likeness (QED) is 0.843. The molecule has 2 aliphatic rings. The van der Waals surface area contributed by atoms with Crippen LogP contribution in [0.1, 0.15) is 37.7 Å². The summed E-state index contributed by atoms with van der Waals surface area (Å²) >= 11 is 0. The van der Waals surface area contributed by atoms with Crippen molar-refractivity contribution < 1.29 is 19.4 Å². The summed E-state index contributed by atoms with van der Waals surface area (Å²) in [5.74, 6) is -1.32. The first kappa shape index (κ1) is 16.8. The lowest BCUT2D eigenvalue weighted by Crippen LogP contribution is -2.59. The van der Waals surface area contributed by atoms with Crippen molar-refractivity contribution in [2.75, 3.05) is 13.1 Å². The van der Waals surface area contributed by atoms with Crippen LogP contribution in [0.25, 0.3) is 0 Å². The Hall–Kier alpha value is -2.04. The Balaban J connectivity index is 1.54. The Morgan fingerprint density at radius 2 is 1.75 bits per heavy atom. The van der Waals surface area contributed by atoms with Gasteiger partial charge >= 0.3 is 5.97 Å². The number of carboxylic acid groups (broad SMARTS) is 1. The molecule has 1 aliphatic heterocycles. The van der Waals surface area contributed by atoms with E-state index in [4.69, 9.17) is 4.74 Å². The normalized spacial score (nSPS) is 20.3. The van der Waals surface area contributed by atoms with Gasteiger partial charge in [0, 0.05) is 0 Å². The SMILES string of the molecule is Cc1ccc(OC2CN(C(=O)[C@@H](C(=O)O)C3CCCCC3)C2)cc1. The fourth-order valence-corrected chi connectivity index (χ4v) is 3.68. The maximum absolute atomic E-state index is 12.6. The van der Waals surface area contributed by atoms with Crippen LogP contribution >= 0.6 is 0 Å². The largest absolute Gasteiger partial charge is 0.487 e. The summed E-state index contributed by atoms with van der Waals surface area (Å²) in [5.41, 5.74) is 1.17. The molecule has 1 aliphatic carbocycles. The van der Waals surface area contributed by atoms with Crippen molar-refractivity contribution in [3.63, 3.8) is 0 Å². The van der Waals surface area contributed by atoms with Gasteiger partial charge in [-0.3, -0.25) is 9.59 Å². The molecule has 0 radical (unpaired) electrons. The number of amides is 1. The molecule has 1 saturated heterocycles. The van der Waals surface area contributed by atoms with Crippen LogP contribution in [0.4, 0.5) is 0 Å². The van der Waals surface area contributed by atoms with E-state index in [-0.39, 0.29) is 17.9 Å². The molecule has 0 spiro atoms. The average Bonchev–Trinajstić information content (AvgIpc) is 2.53. The van der Waals surface area contributed by atoms with E-state index in [0.717, 1.165) is 37.9 Å². The second-order valence-corrected chi connectivity index (χ2v) is 7.01. The Labute approximate surface area is 142 Å². The number of likely N-dealkylation sites (tertiary alicyclic amines) is 1. The zero-order valence-electron chi connectivity index (χ0n) is 14.1. The van der Waals surface area contributed by atoms with Crippen LogP contribution < -0.4 is 4.74 Å². The number of aliphatic carboxylic acids is 1. The van der Waals surface area contributed by atoms with Crippen LogP contribution in [0.15, 0.2) is 24.3 Å². The zero-order chi connectivity index (χ0) is 17.1. The zero-order valence-corrected chi connectivity index (χ0v) is 14.1. The van der Waals surface area contributed by atoms with E-state index in [1.165, 1.54) is 5.56 Å². The standard InChI is InChI=1S/C19H25NO4/c1-13-7-9-15(10-8-13)24-16-11-20(12-16)18(21)17(19(22)23)14-5-3-2-4-6-14/h7-10,14,16-17H,2-6,11-12H2,1H3,(H,22,23)/t17-/m0/s1.